The number of fused-ring (bicyclic) bond motifs is 1. The molecule has 150 valence electrons. The van der Waals surface area contributed by atoms with E-state index in [0.717, 1.165) is 49.5 Å². The van der Waals surface area contributed by atoms with Crippen LogP contribution in [0.25, 0.3) is 0 Å². The molecule has 6 nitrogen and oxygen atoms in total. The smallest absolute Gasteiger partial charge is 0.268 e. The van der Waals surface area contributed by atoms with Gasteiger partial charge in [0.1, 0.15) is 5.69 Å². The number of amides is 1. The predicted molar refractivity (Wildman–Crippen MR) is 105 cm³/mol. The molecule has 1 amide bonds. The Kier molecular flexibility index (Phi) is 5.77. The fraction of sp³-hybridized carbons (Fsp3) is 0.714. The molecule has 1 aromatic heterocycles. The summed E-state index contributed by atoms with van der Waals surface area (Å²) in [6.07, 6.45) is 1.33. The van der Waals surface area contributed by atoms with Gasteiger partial charge in [-0.05, 0) is 30.2 Å². The summed E-state index contributed by atoms with van der Waals surface area (Å²) in [5.41, 5.74) is 2.90. The van der Waals surface area contributed by atoms with Gasteiger partial charge in [-0.25, -0.2) is 0 Å². The van der Waals surface area contributed by atoms with Crippen LogP contribution in [0, 0.1) is 18.3 Å². The summed E-state index contributed by atoms with van der Waals surface area (Å²) >= 11 is 0. The minimum Gasteiger partial charge on any atom is -0.379 e. The van der Waals surface area contributed by atoms with Crippen LogP contribution in [0.15, 0.2) is 0 Å². The normalized spacial score (nSPS) is 21.2. The minimum absolute atomic E-state index is 0.0613. The van der Waals surface area contributed by atoms with Crippen LogP contribution in [0.2, 0.25) is 0 Å². The van der Waals surface area contributed by atoms with Crippen molar-refractivity contribution < 1.29 is 14.3 Å². The zero-order valence-corrected chi connectivity index (χ0v) is 17.3. The Balaban J connectivity index is 1.72. The average molecular weight is 376 g/mol. The highest BCUT2D eigenvalue weighted by Crippen LogP contribution is 2.36. The van der Waals surface area contributed by atoms with Gasteiger partial charge in [-0.3, -0.25) is 14.5 Å². The molecule has 1 aliphatic heterocycles. The molecule has 0 saturated carbocycles. The first-order valence-electron chi connectivity index (χ1n) is 10.0. The lowest BCUT2D eigenvalue weighted by Gasteiger charge is -2.36. The van der Waals surface area contributed by atoms with E-state index in [-0.39, 0.29) is 23.1 Å². The first-order chi connectivity index (χ1) is 12.7. The molecule has 6 heteroatoms. The molecule has 3 rings (SSSR count). The van der Waals surface area contributed by atoms with E-state index >= 15 is 0 Å². The fourth-order valence-electron chi connectivity index (χ4n) is 4.44. The average Bonchev–Trinajstić information content (AvgIpc) is 2.91. The second-order valence-corrected chi connectivity index (χ2v) is 9.09. The zero-order chi connectivity index (χ0) is 19.8. The summed E-state index contributed by atoms with van der Waals surface area (Å²) in [4.78, 5) is 31.1. The van der Waals surface area contributed by atoms with Crippen molar-refractivity contribution in [3.63, 3.8) is 0 Å². The third-order valence-corrected chi connectivity index (χ3v) is 5.88. The van der Waals surface area contributed by atoms with Crippen molar-refractivity contribution in [1.82, 2.24) is 15.2 Å². The molecule has 1 aliphatic carbocycles. The molecule has 0 radical (unpaired) electrons. The molecule has 2 heterocycles. The summed E-state index contributed by atoms with van der Waals surface area (Å²) in [5.74, 6) is 0.456. The van der Waals surface area contributed by atoms with Crippen LogP contribution in [-0.2, 0) is 11.2 Å². The lowest BCUT2D eigenvalue weighted by molar-refractivity contribution is 0.00671. The molecule has 1 saturated heterocycles. The summed E-state index contributed by atoms with van der Waals surface area (Å²) in [6.45, 7) is 14.3. The summed E-state index contributed by atoms with van der Waals surface area (Å²) < 4.78 is 5.45. The highest BCUT2D eigenvalue weighted by molar-refractivity contribution is 6.04. The van der Waals surface area contributed by atoms with Gasteiger partial charge in [0, 0.05) is 43.4 Å². The van der Waals surface area contributed by atoms with Gasteiger partial charge < -0.3 is 15.0 Å². The number of nitrogens with one attached hydrogen (secondary N) is 2. The number of aromatic nitrogens is 1. The van der Waals surface area contributed by atoms with Gasteiger partial charge in [0.15, 0.2) is 5.78 Å². The molecule has 2 N–H and O–H groups in total. The van der Waals surface area contributed by atoms with Crippen LogP contribution < -0.4 is 5.32 Å². The fourth-order valence-corrected chi connectivity index (χ4v) is 4.44. The Morgan fingerprint density at radius 1 is 1.26 bits per heavy atom. The lowest BCUT2D eigenvalue weighted by Crippen LogP contribution is -2.51. The highest BCUT2D eigenvalue weighted by Gasteiger charge is 2.35. The summed E-state index contributed by atoms with van der Waals surface area (Å²) in [5, 5.41) is 3.10. The molecule has 0 spiro atoms. The van der Waals surface area contributed by atoms with Crippen molar-refractivity contribution in [3.8, 4) is 0 Å². The number of hydrogen-bond acceptors (Lipinski definition) is 4. The molecule has 1 unspecified atom stereocenters. The van der Waals surface area contributed by atoms with Gasteiger partial charge in [0.05, 0.1) is 13.2 Å². The van der Waals surface area contributed by atoms with E-state index in [9.17, 15) is 9.59 Å². The number of ketones is 1. The summed E-state index contributed by atoms with van der Waals surface area (Å²) in [6, 6.07) is 0.281. The van der Waals surface area contributed by atoms with Crippen molar-refractivity contribution >= 4 is 11.7 Å². The first-order valence-corrected chi connectivity index (χ1v) is 10.0. The van der Waals surface area contributed by atoms with E-state index in [1.807, 2.05) is 6.92 Å². The molecular weight excluding hydrogens is 342 g/mol. The summed E-state index contributed by atoms with van der Waals surface area (Å²) in [7, 11) is 0. The van der Waals surface area contributed by atoms with Gasteiger partial charge in [-0.15, -0.1) is 0 Å². The number of aromatic amines is 1. The molecule has 2 aliphatic rings. The monoisotopic (exact) mass is 375 g/mol. The standard InChI is InChI=1S/C21H33N3O3/c1-13(2)16(24-6-8-27-9-7-24)12-22-20(26)19-14(3)18-15(23-19)10-21(4,5)11-17(18)25/h13,16,23H,6-12H2,1-5H3,(H,22,26). The molecule has 1 aromatic rings. The molecule has 1 atom stereocenters. The molecular formula is C21H33N3O3. The number of hydrogen-bond donors (Lipinski definition) is 2. The topological polar surface area (TPSA) is 74.4 Å². The van der Waals surface area contributed by atoms with Crippen molar-refractivity contribution in [2.45, 2.75) is 53.5 Å². The second-order valence-electron chi connectivity index (χ2n) is 9.09. The van der Waals surface area contributed by atoms with Crippen LogP contribution in [0.1, 0.15) is 66.2 Å². The van der Waals surface area contributed by atoms with E-state index in [4.69, 9.17) is 4.74 Å². The Morgan fingerprint density at radius 3 is 2.56 bits per heavy atom. The van der Waals surface area contributed by atoms with Gasteiger partial charge in [-0.2, -0.15) is 0 Å². The van der Waals surface area contributed by atoms with Crippen molar-refractivity contribution in [2.24, 2.45) is 11.3 Å². The van der Waals surface area contributed by atoms with Crippen LogP contribution in [-0.4, -0.2) is 60.5 Å². The third-order valence-electron chi connectivity index (χ3n) is 5.88. The number of morpholine rings is 1. The molecule has 27 heavy (non-hydrogen) atoms. The zero-order valence-electron chi connectivity index (χ0n) is 17.3. The number of carbonyl (C=O) groups is 2. The van der Waals surface area contributed by atoms with Crippen LogP contribution in [0.3, 0.4) is 0 Å². The number of ether oxygens (including phenoxy) is 1. The van der Waals surface area contributed by atoms with E-state index in [1.54, 1.807) is 0 Å². The van der Waals surface area contributed by atoms with Gasteiger partial charge in [-0.1, -0.05) is 27.7 Å². The SMILES string of the molecule is Cc1c(C(=O)NCC(C(C)C)N2CCOCC2)[nH]c2c1C(=O)CC(C)(C)C2. The van der Waals surface area contributed by atoms with Crippen molar-refractivity contribution in [2.75, 3.05) is 32.8 Å². The largest absolute Gasteiger partial charge is 0.379 e. The number of rotatable bonds is 5. The molecule has 0 bridgehead atoms. The number of carbonyl (C=O) groups excluding carboxylic acids is 2. The predicted octanol–water partition coefficient (Wildman–Crippen LogP) is 2.56. The Morgan fingerprint density at radius 2 is 1.93 bits per heavy atom. The highest BCUT2D eigenvalue weighted by atomic mass is 16.5. The lowest BCUT2D eigenvalue weighted by atomic mass is 9.75. The van der Waals surface area contributed by atoms with Gasteiger partial charge in [0.25, 0.3) is 5.91 Å². The second kappa shape index (κ2) is 7.76. The van der Waals surface area contributed by atoms with E-state index < -0.39 is 0 Å². The number of nitrogens with zero attached hydrogens (tertiary/aromatic N) is 1. The van der Waals surface area contributed by atoms with Crippen LogP contribution in [0.5, 0.6) is 0 Å². The Bertz CT molecular complexity index is 714. The van der Waals surface area contributed by atoms with Crippen LogP contribution in [0.4, 0.5) is 0 Å². The molecule has 1 fully saturated rings. The van der Waals surface area contributed by atoms with E-state index in [1.165, 1.54) is 0 Å². The maximum absolute atomic E-state index is 12.9. The quantitative estimate of drug-likeness (QED) is 0.829. The maximum Gasteiger partial charge on any atom is 0.268 e. The Hall–Kier alpha value is -1.66. The van der Waals surface area contributed by atoms with Crippen LogP contribution >= 0.6 is 0 Å². The minimum atomic E-state index is -0.119. The first kappa shape index (κ1) is 20.1. The maximum atomic E-state index is 12.9. The number of H-pyrrole nitrogens is 1. The Labute approximate surface area is 162 Å². The molecule has 0 aromatic carbocycles. The van der Waals surface area contributed by atoms with Crippen molar-refractivity contribution in [3.05, 3.63) is 22.5 Å². The van der Waals surface area contributed by atoms with Gasteiger partial charge in [0.2, 0.25) is 0 Å². The third kappa shape index (κ3) is 4.27. The van der Waals surface area contributed by atoms with E-state index in [0.29, 0.717) is 24.6 Å². The van der Waals surface area contributed by atoms with Crippen molar-refractivity contribution in [1.29, 1.82) is 0 Å². The van der Waals surface area contributed by atoms with Gasteiger partial charge >= 0.3 is 0 Å². The number of Topliss-reactive ketones (excluding diaryl/α,β-unsaturated/α-hetero) is 1. The van der Waals surface area contributed by atoms with E-state index in [2.05, 4.69) is 42.9 Å².